The van der Waals surface area contributed by atoms with Gasteiger partial charge in [-0.2, -0.15) is 0 Å². The topological polar surface area (TPSA) is 0 Å². The third-order valence-electron chi connectivity index (χ3n) is 0. The standard InChI is InChI=1S/CH4.F2S/c;1-3-2/h1H4;. The highest BCUT2D eigenvalue weighted by atomic mass is 32.2. The first-order valence-electron chi connectivity index (χ1n) is 0.309. The molecule has 0 saturated carbocycles. The van der Waals surface area contributed by atoms with E-state index in [0.29, 0.717) is 0 Å². The van der Waals surface area contributed by atoms with Gasteiger partial charge in [0.05, 0.1) is 0 Å². The van der Waals surface area contributed by atoms with Gasteiger partial charge in [-0.05, 0) is 0 Å². The third-order valence-corrected chi connectivity index (χ3v) is 0. The van der Waals surface area contributed by atoms with Crippen LogP contribution in [0.15, 0.2) is 0 Å². The molecule has 0 rings (SSSR count). The van der Waals surface area contributed by atoms with Crippen molar-refractivity contribution in [1.29, 1.82) is 0 Å². The highest BCUT2D eigenvalue weighted by Gasteiger charge is 1.49. The van der Waals surface area contributed by atoms with Crippen molar-refractivity contribution in [2.75, 3.05) is 0 Å². The van der Waals surface area contributed by atoms with E-state index >= 15 is 0 Å². The van der Waals surface area contributed by atoms with Crippen LogP contribution in [0.2, 0.25) is 0 Å². The van der Waals surface area contributed by atoms with Crippen molar-refractivity contribution in [2.24, 2.45) is 0 Å². The van der Waals surface area contributed by atoms with Gasteiger partial charge in [-0.15, -0.1) is 7.77 Å². The largest absolute Gasteiger partial charge is 0.255 e. The Morgan fingerprint density at radius 2 is 1.25 bits per heavy atom. The Morgan fingerprint density at radius 3 is 1.25 bits per heavy atom. The summed E-state index contributed by atoms with van der Waals surface area (Å²) in [6, 6.07) is 0. The zero-order valence-electron chi connectivity index (χ0n) is 1.16. The molecule has 0 saturated heterocycles. The molecule has 3 heteroatoms. The molecule has 0 spiro atoms. The Labute approximate surface area is 28.8 Å². The maximum absolute atomic E-state index is 9.54. The van der Waals surface area contributed by atoms with E-state index in [9.17, 15) is 7.77 Å². The minimum absolute atomic E-state index is 0. The van der Waals surface area contributed by atoms with Gasteiger partial charge in [0.25, 0.3) is 12.5 Å². The van der Waals surface area contributed by atoms with Gasteiger partial charge in [0.1, 0.15) is 0 Å². The fourth-order valence-corrected chi connectivity index (χ4v) is 0. The molecule has 0 heterocycles. The van der Waals surface area contributed by atoms with Crippen molar-refractivity contribution in [3.63, 3.8) is 0 Å². The van der Waals surface area contributed by atoms with Crippen molar-refractivity contribution in [2.45, 2.75) is 7.43 Å². The summed E-state index contributed by atoms with van der Waals surface area (Å²) in [5, 5.41) is 0. The van der Waals surface area contributed by atoms with Crippen LogP contribution in [-0.2, 0) is 0 Å². The van der Waals surface area contributed by atoms with E-state index in [1.54, 1.807) is 0 Å². The van der Waals surface area contributed by atoms with E-state index in [0.717, 1.165) is 0 Å². The maximum Gasteiger partial charge on any atom is 0.255 e. The zero-order valence-corrected chi connectivity index (χ0v) is 1.98. The molecule has 0 aromatic rings. The lowest BCUT2D eigenvalue weighted by Crippen LogP contribution is -0.884. The van der Waals surface area contributed by atoms with Crippen LogP contribution < -0.4 is 0 Å². The van der Waals surface area contributed by atoms with E-state index in [4.69, 9.17) is 0 Å². The summed E-state index contributed by atoms with van der Waals surface area (Å²) >= 11 is -1.25. The molecule has 0 N–H and O–H groups in total. The second-order valence-electron chi connectivity index (χ2n) is 0.0583. The molecule has 0 fully saturated rings. The summed E-state index contributed by atoms with van der Waals surface area (Å²) in [6.07, 6.45) is 0. The van der Waals surface area contributed by atoms with Crippen LogP contribution in [0.25, 0.3) is 0 Å². The van der Waals surface area contributed by atoms with Crippen LogP contribution in [-0.4, -0.2) is 0 Å². The van der Waals surface area contributed by atoms with Crippen molar-refractivity contribution >= 4 is 12.5 Å². The van der Waals surface area contributed by atoms with Crippen molar-refractivity contribution < 1.29 is 7.77 Å². The Bertz CT molecular complexity index is 6.00. The molecule has 0 unspecified atom stereocenters. The lowest BCUT2D eigenvalue weighted by molar-refractivity contribution is 0.814. The second-order valence-corrected chi connectivity index (χ2v) is 0.175. The smallest absolute Gasteiger partial charge is 0.127 e. The predicted octanol–water partition coefficient (Wildman–Crippen LogP) is 2.12. The molecular weight excluding hydrogens is 82.1 g/mol. The molecule has 0 nitrogen and oxygen atoms in total. The molecule has 0 bridgehead atoms. The lowest BCUT2D eigenvalue weighted by atomic mass is 12.0. The quantitative estimate of drug-likeness (QED) is 0.435. The van der Waals surface area contributed by atoms with Gasteiger partial charge in [0, 0.05) is 0 Å². The van der Waals surface area contributed by atoms with Crippen molar-refractivity contribution in [1.82, 2.24) is 0 Å². The Morgan fingerprint density at radius 1 is 1.25 bits per heavy atom. The van der Waals surface area contributed by atoms with Gasteiger partial charge in [-0.1, -0.05) is 7.43 Å². The molecule has 0 aliphatic rings. The third kappa shape index (κ3) is 73.4. The summed E-state index contributed by atoms with van der Waals surface area (Å²) in [6.45, 7) is 0. The molecule has 0 amide bonds. The molecule has 0 aromatic carbocycles. The normalized spacial score (nSPS) is 4.50. The summed E-state index contributed by atoms with van der Waals surface area (Å²) in [5.74, 6) is 0. The second kappa shape index (κ2) is 10.7. The zero-order chi connectivity index (χ0) is 2.71. The average molecular weight is 86.1 g/mol. The number of rotatable bonds is 0. The van der Waals surface area contributed by atoms with Gasteiger partial charge < -0.3 is 0 Å². The number of hydrogen-bond acceptors (Lipinski definition) is 1. The van der Waals surface area contributed by atoms with Gasteiger partial charge in [-0.25, -0.2) is 0 Å². The highest BCUT2D eigenvalue weighted by Crippen LogP contribution is 1.95. The first kappa shape index (κ1) is 8.88. The van der Waals surface area contributed by atoms with E-state index in [-0.39, 0.29) is 7.43 Å². The number of halogens is 2. The predicted molar refractivity (Wildman–Crippen MR) is 16.5 cm³/mol. The molecule has 0 atom stereocenters. The van der Waals surface area contributed by atoms with Crippen molar-refractivity contribution in [3.8, 4) is 0 Å². The van der Waals surface area contributed by atoms with E-state index in [1.807, 2.05) is 0 Å². The van der Waals surface area contributed by atoms with Gasteiger partial charge in [0.2, 0.25) is 0 Å². The van der Waals surface area contributed by atoms with Crippen LogP contribution in [0, 0.1) is 0 Å². The summed E-state index contributed by atoms with van der Waals surface area (Å²) in [4.78, 5) is 0. The number of hydrogen-bond donors (Lipinski definition) is 0. The molecule has 0 aliphatic heterocycles. The highest BCUT2D eigenvalue weighted by molar-refractivity contribution is 7.89. The fourth-order valence-electron chi connectivity index (χ4n) is 0. The fraction of sp³-hybridized carbons (Fsp3) is 1.00. The van der Waals surface area contributed by atoms with E-state index < -0.39 is 12.5 Å². The van der Waals surface area contributed by atoms with Crippen LogP contribution in [0.1, 0.15) is 7.43 Å². The van der Waals surface area contributed by atoms with Crippen LogP contribution in [0.3, 0.4) is 0 Å². The van der Waals surface area contributed by atoms with Crippen LogP contribution in [0.4, 0.5) is 7.77 Å². The van der Waals surface area contributed by atoms with Crippen LogP contribution >= 0.6 is 12.5 Å². The maximum atomic E-state index is 9.54. The molecule has 4 heavy (non-hydrogen) atoms. The summed E-state index contributed by atoms with van der Waals surface area (Å²) < 4.78 is 19.1. The Kier molecular flexibility index (Phi) is 23.8. The molecule has 0 radical (unpaired) electrons. The Hall–Kier alpha value is 0.210. The Balaban J connectivity index is 0. The molecular formula is CH4F2S. The SMILES string of the molecule is C.FSF. The van der Waals surface area contributed by atoms with E-state index in [2.05, 4.69) is 0 Å². The van der Waals surface area contributed by atoms with Gasteiger partial charge >= 0.3 is 0 Å². The average Bonchev–Trinajstić information content (AvgIpc) is 0.918. The molecule has 0 aliphatic carbocycles. The first-order valence-corrected chi connectivity index (χ1v) is 0.926. The minimum atomic E-state index is -1.25. The molecule has 0 aromatic heterocycles. The minimum Gasteiger partial charge on any atom is -0.127 e. The van der Waals surface area contributed by atoms with Crippen molar-refractivity contribution in [3.05, 3.63) is 0 Å². The molecule has 28 valence electrons. The first-order chi connectivity index (χ1) is 1.41. The summed E-state index contributed by atoms with van der Waals surface area (Å²) in [5.41, 5.74) is 0. The van der Waals surface area contributed by atoms with Gasteiger partial charge in [0.15, 0.2) is 0 Å². The monoisotopic (exact) mass is 86.0 g/mol. The lowest BCUT2D eigenvalue weighted by Gasteiger charge is -1.36. The van der Waals surface area contributed by atoms with E-state index in [1.165, 1.54) is 0 Å². The van der Waals surface area contributed by atoms with Gasteiger partial charge in [-0.3, -0.25) is 0 Å². The summed E-state index contributed by atoms with van der Waals surface area (Å²) in [7, 11) is 0. The van der Waals surface area contributed by atoms with Crippen LogP contribution in [0.5, 0.6) is 0 Å².